The van der Waals surface area contributed by atoms with Crippen LogP contribution < -0.4 is 4.74 Å². The van der Waals surface area contributed by atoms with Crippen LogP contribution in [0.4, 0.5) is 0 Å². The Labute approximate surface area is 116 Å². The number of carboxylic acids is 1. The van der Waals surface area contributed by atoms with Crippen LogP contribution in [0.2, 0.25) is 0 Å². The van der Waals surface area contributed by atoms with Gasteiger partial charge in [-0.05, 0) is 30.7 Å². The fourth-order valence-electron chi connectivity index (χ4n) is 1.48. The molecule has 0 fully saturated rings. The van der Waals surface area contributed by atoms with E-state index in [0.717, 1.165) is 35.4 Å². The topological polar surface area (TPSA) is 46.5 Å². The van der Waals surface area contributed by atoms with Crippen LogP contribution in [0.5, 0.6) is 5.75 Å². The summed E-state index contributed by atoms with van der Waals surface area (Å²) in [6.45, 7) is 2.80. The fourth-order valence-corrected chi connectivity index (χ4v) is 1.86. The Bertz CT molecular complexity index is 427. The quantitative estimate of drug-likeness (QED) is 0.608. The molecule has 1 rings (SSSR count). The Morgan fingerprint density at radius 2 is 2.22 bits per heavy atom. The van der Waals surface area contributed by atoms with E-state index in [1.807, 2.05) is 18.2 Å². The molecule has 98 valence electrons. The Morgan fingerprint density at radius 3 is 2.89 bits per heavy atom. The smallest absolute Gasteiger partial charge is 0.328 e. The zero-order valence-electron chi connectivity index (χ0n) is 10.4. The lowest BCUT2D eigenvalue weighted by Crippen LogP contribution is -1.98. The normalized spacial score (nSPS) is 10.8. The molecule has 18 heavy (non-hydrogen) atoms. The van der Waals surface area contributed by atoms with E-state index in [9.17, 15) is 4.79 Å². The van der Waals surface area contributed by atoms with E-state index < -0.39 is 5.97 Å². The van der Waals surface area contributed by atoms with Crippen molar-refractivity contribution in [1.82, 2.24) is 0 Å². The zero-order chi connectivity index (χ0) is 13.4. The number of unbranched alkanes of at least 4 members (excludes halogenated alkanes) is 2. The number of aliphatic carboxylic acids is 1. The molecule has 0 aromatic heterocycles. The summed E-state index contributed by atoms with van der Waals surface area (Å²) in [5.74, 6) is -0.251. The summed E-state index contributed by atoms with van der Waals surface area (Å²) in [5, 5.41) is 8.64. The van der Waals surface area contributed by atoms with Gasteiger partial charge in [0.1, 0.15) is 5.75 Å². The number of halogens is 1. The summed E-state index contributed by atoms with van der Waals surface area (Å²) in [5.41, 5.74) is 0.767. The summed E-state index contributed by atoms with van der Waals surface area (Å²) in [7, 11) is 0. The lowest BCUT2D eigenvalue weighted by atomic mass is 10.2. The van der Waals surface area contributed by atoms with Crippen LogP contribution in [0.1, 0.15) is 31.7 Å². The van der Waals surface area contributed by atoms with Gasteiger partial charge in [0.25, 0.3) is 0 Å². The molecule has 0 radical (unpaired) electrons. The van der Waals surface area contributed by atoms with Crippen LogP contribution in [0, 0.1) is 0 Å². The summed E-state index contributed by atoms with van der Waals surface area (Å²) in [4.78, 5) is 10.5. The standard InChI is InChI=1S/C14H17BrO3/c1-2-3-4-9-18-13-7-6-12(15)10-11(13)5-8-14(16)17/h5-8,10H,2-4,9H2,1H3,(H,16,17)/b8-5+. The van der Waals surface area contributed by atoms with Gasteiger partial charge in [0, 0.05) is 16.1 Å². The third-order valence-electron chi connectivity index (χ3n) is 2.38. The Morgan fingerprint density at radius 1 is 1.44 bits per heavy atom. The van der Waals surface area contributed by atoms with Crippen molar-refractivity contribution in [1.29, 1.82) is 0 Å². The number of hydrogen-bond donors (Lipinski definition) is 1. The van der Waals surface area contributed by atoms with Crippen LogP contribution in [0.15, 0.2) is 28.7 Å². The number of hydrogen-bond acceptors (Lipinski definition) is 2. The van der Waals surface area contributed by atoms with Crippen LogP contribution in [-0.4, -0.2) is 17.7 Å². The average molecular weight is 313 g/mol. The van der Waals surface area contributed by atoms with E-state index in [4.69, 9.17) is 9.84 Å². The highest BCUT2D eigenvalue weighted by molar-refractivity contribution is 9.10. The summed E-state index contributed by atoms with van der Waals surface area (Å²) in [6.07, 6.45) is 5.95. The molecule has 0 aliphatic carbocycles. The van der Waals surface area contributed by atoms with Gasteiger partial charge < -0.3 is 9.84 Å². The highest BCUT2D eigenvalue weighted by Crippen LogP contribution is 2.24. The molecule has 1 aromatic carbocycles. The van der Waals surface area contributed by atoms with E-state index in [1.165, 1.54) is 0 Å². The first-order valence-electron chi connectivity index (χ1n) is 5.97. The maximum Gasteiger partial charge on any atom is 0.328 e. The number of carboxylic acid groups (broad SMARTS) is 1. The maximum atomic E-state index is 10.5. The van der Waals surface area contributed by atoms with Crippen molar-refractivity contribution in [2.75, 3.05) is 6.61 Å². The van der Waals surface area contributed by atoms with E-state index in [0.29, 0.717) is 12.4 Å². The van der Waals surface area contributed by atoms with Crippen LogP contribution in [0.3, 0.4) is 0 Å². The van der Waals surface area contributed by atoms with E-state index in [-0.39, 0.29) is 0 Å². The van der Waals surface area contributed by atoms with Gasteiger partial charge in [-0.3, -0.25) is 0 Å². The first kappa shape index (κ1) is 14.8. The molecule has 0 saturated carbocycles. The minimum absolute atomic E-state index is 0.656. The van der Waals surface area contributed by atoms with Gasteiger partial charge in [-0.25, -0.2) is 4.79 Å². The van der Waals surface area contributed by atoms with Crippen molar-refractivity contribution < 1.29 is 14.6 Å². The molecular weight excluding hydrogens is 296 g/mol. The molecule has 0 aliphatic rings. The second-order valence-electron chi connectivity index (χ2n) is 3.91. The van der Waals surface area contributed by atoms with Gasteiger partial charge >= 0.3 is 5.97 Å². The van der Waals surface area contributed by atoms with Gasteiger partial charge in [0.2, 0.25) is 0 Å². The summed E-state index contributed by atoms with van der Waals surface area (Å²) < 4.78 is 6.56. The molecule has 0 unspecified atom stereocenters. The van der Waals surface area contributed by atoms with Gasteiger partial charge in [-0.1, -0.05) is 35.7 Å². The molecule has 0 saturated heterocycles. The predicted octanol–water partition coefficient (Wildman–Crippen LogP) is 4.12. The van der Waals surface area contributed by atoms with E-state index in [1.54, 1.807) is 6.08 Å². The predicted molar refractivity (Wildman–Crippen MR) is 75.8 cm³/mol. The minimum atomic E-state index is -0.966. The lowest BCUT2D eigenvalue weighted by molar-refractivity contribution is -0.131. The number of benzene rings is 1. The minimum Gasteiger partial charge on any atom is -0.493 e. The largest absolute Gasteiger partial charge is 0.493 e. The Balaban J connectivity index is 2.73. The highest BCUT2D eigenvalue weighted by atomic mass is 79.9. The maximum absolute atomic E-state index is 10.5. The van der Waals surface area contributed by atoms with Gasteiger partial charge in [0.05, 0.1) is 6.61 Å². The number of carbonyl (C=O) groups is 1. The van der Waals surface area contributed by atoms with Crippen LogP contribution in [0.25, 0.3) is 6.08 Å². The number of rotatable bonds is 7. The summed E-state index contributed by atoms with van der Waals surface area (Å²) >= 11 is 3.36. The lowest BCUT2D eigenvalue weighted by Gasteiger charge is -2.09. The van der Waals surface area contributed by atoms with Crippen molar-refractivity contribution in [3.8, 4) is 5.75 Å². The highest BCUT2D eigenvalue weighted by Gasteiger charge is 2.02. The molecule has 1 aromatic rings. The van der Waals surface area contributed by atoms with Crippen LogP contribution >= 0.6 is 15.9 Å². The molecule has 0 heterocycles. The van der Waals surface area contributed by atoms with Crippen molar-refractivity contribution in [3.05, 3.63) is 34.3 Å². The molecule has 1 N–H and O–H groups in total. The van der Waals surface area contributed by atoms with Crippen LogP contribution in [-0.2, 0) is 4.79 Å². The molecule has 0 aliphatic heterocycles. The Hall–Kier alpha value is -1.29. The molecule has 0 atom stereocenters. The molecule has 4 heteroatoms. The average Bonchev–Trinajstić information content (AvgIpc) is 2.34. The van der Waals surface area contributed by atoms with Gasteiger partial charge in [-0.15, -0.1) is 0 Å². The van der Waals surface area contributed by atoms with E-state index >= 15 is 0 Å². The summed E-state index contributed by atoms with van der Waals surface area (Å²) in [6, 6.07) is 5.57. The van der Waals surface area contributed by atoms with Gasteiger partial charge in [-0.2, -0.15) is 0 Å². The molecule has 0 amide bonds. The third kappa shape index (κ3) is 5.36. The monoisotopic (exact) mass is 312 g/mol. The number of ether oxygens (including phenoxy) is 1. The molecule has 3 nitrogen and oxygen atoms in total. The van der Waals surface area contributed by atoms with Crippen molar-refractivity contribution >= 4 is 28.0 Å². The van der Waals surface area contributed by atoms with Crippen molar-refractivity contribution in [2.45, 2.75) is 26.2 Å². The zero-order valence-corrected chi connectivity index (χ0v) is 11.9. The fraction of sp³-hybridized carbons (Fsp3) is 0.357. The molecule has 0 spiro atoms. The van der Waals surface area contributed by atoms with Gasteiger partial charge in [0.15, 0.2) is 0 Å². The SMILES string of the molecule is CCCCCOc1ccc(Br)cc1/C=C/C(=O)O. The third-order valence-corrected chi connectivity index (χ3v) is 2.88. The second-order valence-corrected chi connectivity index (χ2v) is 4.82. The molecular formula is C14H17BrO3. The first-order valence-corrected chi connectivity index (χ1v) is 6.76. The second kappa shape index (κ2) is 7.93. The van der Waals surface area contributed by atoms with E-state index in [2.05, 4.69) is 22.9 Å². The molecule has 0 bridgehead atoms. The van der Waals surface area contributed by atoms with Crippen molar-refractivity contribution in [3.63, 3.8) is 0 Å². The van der Waals surface area contributed by atoms with Crippen molar-refractivity contribution in [2.24, 2.45) is 0 Å². The Kier molecular flexibility index (Phi) is 6.50. The first-order chi connectivity index (χ1) is 8.63.